The molecule has 0 aliphatic heterocycles. The number of ether oxygens (including phenoxy) is 1. The van der Waals surface area contributed by atoms with Crippen molar-refractivity contribution in [2.45, 2.75) is 93.4 Å². The maximum absolute atomic E-state index is 14.4. The number of carbonyl (C=O) groups is 3. The first kappa shape index (κ1) is 26.4. The maximum atomic E-state index is 14.4. The Kier molecular flexibility index (Phi) is 5.47. The summed E-state index contributed by atoms with van der Waals surface area (Å²) >= 11 is 0. The summed E-state index contributed by atoms with van der Waals surface area (Å²) in [6, 6.07) is 2.17. The number of esters is 1. The van der Waals surface area contributed by atoms with Crippen LogP contribution >= 0.6 is 0 Å². The van der Waals surface area contributed by atoms with Gasteiger partial charge in [0.2, 0.25) is 0 Å². The molecule has 0 bridgehead atoms. The first-order chi connectivity index (χ1) is 17.0. The van der Waals surface area contributed by atoms with E-state index >= 15 is 0 Å². The van der Waals surface area contributed by atoms with Gasteiger partial charge in [0.25, 0.3) is 0 Å². The molecule has 200 valence electrons. The topological polar surface area (TPSA) is 84.2 Å². The molecule has 5 rings (SSSR count). The van der Waals surface area contributed by atoms with Crippen molar-refractivity contribution in [1.82, 2.24) is 0 Å². The largest absolute Gasteiger partial charge is 0.469 e. The molecule has 0 spiro atoms. The third kappa shape index (κ3) is 3.11. The van der Waals surface area contributed by atoms with E-state index in [-0.39, 0.29) is 57.1 Å². The third-order valence-electron chi connectivity index (χ3n) is 12.5. The van der Waals surface area contributed by atoms with Crippen LogP contribution in [0.4, 0.5) is 0 Å². The number of nitrogens with zero attached hydrogens (tertiary/aromatic N) is 1. The van der Waals surface area contributed by atoms with Crippen LogP contribution in [0.2, 0.25) is 0 Å². The van der Waals surface area contributed by atoms with E-state index in [4.69, 9.17) is 4.74 Å². The van der Waals surface area contributed by atoms with Crippen molar-refractivity contribution in [2.75, 3.05) is 7.11 Å². The molecule has 5 heteroatoms. The molecule has 0 radical (unpaired) electrons. The molecule has 0 saturated heterocycles. The molecule has 0 amide bonds. The lowest BCUT2D eigenvalue weighted by Crippen LogP contribution is -2.65. The van der Waals surface area contributed by atoms with Gasteiger partial charge in [0.05, 0.1) is 18.1 Å². The van der Waals surface area contributed by atoms with Crippen molar-refractivity contribution in [3.8, 4) is 6.07 Å². The van der Waals surface area contributed by atoms with Gasteiger partial charge < -0.3 is 4.74 Å². The molecule has 5 aliphatic carbocycles. The summed E-state index contributed by atoms with van der Waals surface area (Å²) in [6.07, 6.45) is 9.65. The number of allylic oxidation sites excluding steroid dienone is 4. The van der Waals surface area contributed by atoms with E-state index < -0.39 is 16.2 Å². The molecular formula is C32H43NO4. The quantitative estimate of drug-likeness (QED) is 0.386. The van der Waals surface area contributed by atoms with Crippen LogP contribution in [0.15, 0.2) is 23.3 Å². The number of hydrogen-bond donors (Lipinski definition) is 0. The molecule has 0 aromatic carbocycles. The highest BCUT2D eigenvalue weighted by atomic mass is 16.5. The van der Waals surface area contributed by atoms with Gasteiger partial charge in [0, 0.05) is 16.7 Å². The Morgan fingerprint density at radius 2 is 1.65 bits per heavy atom. The number of methoxy groups -OCH3 is 1. The van der Waals surface area contributed by atoms with Crippen molar-refractivity contribution in [3.05, 3.63) is 23.3 Å². The summed E-state index contributed by atoms with van der Waals surface area (Å²) in [5.41, 5.74) is -1.02. The Bertz CT molecular complexity index is 1200. The van der Waals surface area contributed by atoms with Crippen LogP contribution in [0, 0.1) is 61.6 Å². The Labute approximate surface area is 222 Å². The third-order valence-corrected chi connectivity index (χ3v) is 12.5. The molecule has 0 N–H and O–H groups in total. The van der Waals surface area contributed by atoms with Crippen LogP contribution < -0.4 is 0 Å². The minimum absolute atomic E-state index is 0.0308. The van der Waals surface area contributed by atoms with Crippen LogP contribution in [0.5, 0.6) is 0 Å². The van der Waals surface area contributed by atoms with E-state index in [9.17, 15) is 19.6 Å². The van der Waals surface area contributed by atoms with Crippen molar-refractivity contribution in [3.63, 3.8) is 0 Å². The number of Topliss-reactive ketones (excluding diaryl/α,β-unsaturated/α-hetero) is 1. The maximum Gasteiger partial charge on any atom is 0.312 e. The zero-order valence-electron chi connectivity index (χ0n) is 23.9. The number of hydrogen-bond acceptors (Lipinski definition) is 5. The highest BCUT2D eigenvalue weighted by Gasteiger charge is 2.71. The lowest BCUT2D eigenvalue weighted by atomic mass is 9.34. The summed E-state index contributed by atoms with van der Waals surface area (Å²) in [6.45, 7) is 15.2. The Morgan fingerprint density at radius 3 is 2.27 bits per heavy atom. The van der Waals surface area contributed by atoms with E-state index in [2.05, 4.69) is 40.7 Å². The van der Waals surface area contributed by atoms with Crippen molar-refractivity contribution < 1.29 is 19.1 Å². The van der Waals surface area contributed by atoms with Gasteiger partial charge in [0.1, 0.15) is 6.07 Å². The van der Waals surface area contributed by atoms with E-state index in [0.29, 0.717) is 0 Å². The highest BCUT2D eigenvalue weighted by molar-refractivity contribution is 6.04. The number of ketones is 2. The van der Waals surface area contributed by atoms with E-state index in [1.54, 1.807) is 0 Å². The van der Waals surface area contributed by atoms with Crippen LogP contribution in [0.25, 0.3) is 0 Å². The van der Waals surface area contributed by atoms with E-state index in [1.807, 2.05) is 26.0 Å². The molecule has 5 nitrogen and oxygen atoms in total. The molecule has 5 aliphatic rings. The number of carbonyl (C=O) groups excluding carboxylic acids is 3. The second-order valence-corrected chi connectivity index (χ2v) is 14.9. The zero-order chi connectivity index (χ0) is 27.4. The van der Waals surface area contributed by atoms with Gasteiger partial charge in [-0.2, -0.15) is 5.26 Å². The van der Waals surface area contributed by atoms with Crippen LogP contribution in [0.1, 0.15) is 93.4 Å². The number of fused-ring (bicyclic) bond motifs is 7. The Balaban J connectivity index is 1.71. The van der Waals surface area contributed by atoms with Gasteiger partial charge in [-0.05, 0) is 79.1 Å². The van der Waals surface area contributed by atoms with Crippen molar-refractivity contribution in [2.24, 2.45) is 50.2 Å². The minimum Gasteiger partial charge on any atom is -0.469 e. The molecule has 3 fully saturated rings. The van der Waals surface area contributed by atoms with Crippen LogP contribution in [0.3, 0.4) is 0 Å². The molecule has 3 saturated carbocycles. The monoisotopic (exact) mass is 505 g/mol. The second kappa shape index (κ2) is 7.67. The Hall–Kier alpha value is -2.22. The first-order valence-electron chi connectivity index (χ1n) is 14.1. The van der Waals surface area contributed by atoms with Crippen molar-refractivity contribution >= 4 is 17.5 Å². The predicted octanol–water partition coefficient (Wildman–Crippen LogP) is 6.38. The van der Waals surface area contributed by atoms with Gasteiger partial charge >= 0.3 is 5.97 Å². The molecule has 0 heterocycles. The normalized spacial score (nSPS) is 45.6. The molecule has 5 unspecified atom stereocenters. The molecule has 0 aromatic heterocycles. The fourth-order valence-corrected chi connectivity index (χ4v) is 10.2. The van der Waals surface area contributed by atoms with Crippen LogP contribution in [-0.2, 0) is 19.1 Å². The SMILES string of the molecule is COC(=O)C12CCC(C)(C)CC1C1C(=O)C=C3C4(C)C=C(C#N)C(=O)C(C)(C)[C@@H]4CCC3(C)[C@]1(C)CC2. The van der Waals surface area contributed by atoms with E-state index in [0.717, 1.165) is 50.5 Å². The van der Waals surface area contributed by atoms with Gasteiger partial charge in [-0.3, -0.25) is 14.4 Å². The standard InChI is InChI=1S/C32H43NO4/c1-27(2)11-13-32(26(36)37-8)14-12-31(7)24(20(32)17-27)21(34)15-23-29(5)16-19(18-33)25(35)28(3,4)22(29)9-10-30(23,31)6/h15-16,20,22,24H,9-14,17H2,1-8H3/t20?,22-,24?,29?,30?,31+,32?/m0/s1. The highest BCUT2D eigenvalue weighted by Crippen LogP contribution is 2.74. The van der Waals surface area contributed by atoms with E-state index in [1.165, 1.54) is 7.11 Å². The van der Waals surface area contributed by atoms with Crippen molar-refractivity contribution in [1.29, 1.82) is 5.26 Å². The molecule has 7 atom stereocenters. The first-order valence-corrected chi connectivity index (χ1v) is 14.1. The Morgan fingerprint density at radius 1 is 1.00 bits per heavy atom. The summed E-state index contributed by atoms with van der Waals surface area (Å²) in [5, 5.41) is 9.86. The predicted molar refractivity (Wildman–Crippen MR) is 141 cm³/mol. The minimum atomic E-state index is -0.669. The summed E-state index contributed by atoms with van der Waals surface area (Å²) in [4.78, 5) is 40.9. The number of rotatable bonds is 1. The fourth-order valence-electron chi connectivity index (χ4n) is 10.2. The summed E-state index contributed by atoms with van der Waals surface area (Å²) in [5.74, 6) is -0.376. The van der Waals surface area contributed by atoms with Gasteiger partial charge in [-0.25, -0.2) is 0 Å². The summed E-state index contributed by atoms with van der Waals surface area (Å²) in [7, 11) is 1.48. The van der Waals surface area contributed by atoms with Gasteiger partial charge in [0.15, 0.2) is 11.6 Å². The molecule has 37 heavy (non-hydrogen) atoms. The molecular weight excluding hydrogens is 462 g/mol. The fraction of sp³-hybridized carbons (Fsp3) is 0.750. The van der Waals surface area contributed by atoms with Gasteiger partial charge in [-0.15, -0.1) is 0 Å². The summed E-state index contributed by atoms with van der Waals surface area (Å²) < 4.78 is 5.41. The smallest absolute Gasteiger partial charge is 0.312 e. The number of nitriles is 1. The average molecular weight is 506 g/mol. The lowest BCUT2D eigenvalue weighted by Gasteiger charge is -2.68. The second-order valence-electron chi connectivity index (χ2n) is 14.9. The zero-order valence-corrected chi connectivity index (χ0v) is 23.9. The van der Waals surface area contributed by atoms with Crippen LogP contribution in [-0.4, -0.2) is 24.6 Å². The lowest BCUT2D eigenvalue weighted by molar-refractivity contribution is -0.191. The average Bonchev–Trinajstić information content (AvgIpc) is 2.82. The van der Waals surface area contributed by atoms with Gasteiger partial charge in [-0.1, -0.05) is 60.1 Å². The molecule has 0 aromatic rings.